The SMILES string of the molecule is O=C(CN(c1ccccc1)S(=O)(=O)c1ccc(F)cc1)NCCCSCc1ccc(F)cc1. The highest BCUT2D eigenvalue weighted by Crippen LogP contribution is 2.23. The highest BCUT2D eigenvalue weighted by molar-refractivity contribution is 7.98. The van der Waals surface area contributed by atoms with Gasteiger partial charge in [0.2, 0.25) is 5.91 Å². The van der Waals surface area contributed by atoms with Crippen LogP contribution in [0.5, 0.6) is 0 Å². The predicted molar refractivity (Wildman–Crippen MR) is 128 cm³/mol. The molecular weight excluding hydrogens is 466 g/mol. The molecule has 0 saturated heterocycles. The van der Waals surface area contributed by atoms with Gasteiger partial charge in [0.25, 0.3) is 10.0 Å². The van der Waals surface area contributed by atoms with Gasteiger partial charge in [0.05, 0.1) is 10.6 Å². The highest BCUT2D eigenvalue weighted by atomic mass is 32.2. The molecule has 0 aromatic heterocycles. The number of hydrogen-bond acceptors (Lipinski definition) is 4. The number of halogens is 2. The molecule has 9 heteroatoms. The Morgan fingerprint density at radius 1 is 0.879 bits per heavy atom. The van der Waals surface area contributed by atoms with Crippen molar-refractivity contribution in [2.75, 3.05) is 23.1 Å². The molecule has 0 fully saturated rings. The molecular formula is C24H24F2N2O3S2. The van der Waals surface area contributed by atoms with Crippen molar-refractivity contribution < 1.29 is 22.0 Å². The number of nitrogens with zero attached hydrogens (tertiary/aromatic N) is 1. The van der Waals surface area contributed by atoms with E-state index < -0.39 is 28.3 Å². The molecule has 0 radical (unpaired) electrons. The number of benzene rings is 3. The van der Waals surface area contributed by atoms with Gasteiger partial charge in [-0.1, -0.05) is 30.3 Å². The quantitative estimate of drug-likeness (QED) is 0.399. The topological polar surface area (TPSA) is 66.5 Å². The van der Waals surface area contributed by atoms with Crippen molar-refractivity contribution in [1.82, 2.24) is 5.32 Å². The van der Waals surface area contributed by atoms with Gasteiger partial charge in [0.1, 0.15) is 18.2 Å². The second-order valence-corrected chi connectivity index (χ2v) is 10.2. The normalized spacial score (nSPS) is 11.2. The van der Waals surface area contributed by atoms with E-state index in [1.165, 1.54) is 24.3 Å². The van der Waals surface area contributed by atoms with Crippen molar-refractivity contribution >= 4 is 33.4 Å². The van der Waals surface area contributed by atoms with Gasteiger partial charge in [0, 0.05) is 12.3 Å². The molecule has 1 amide bonds. The second-order valence-electron chi connectivity index (χ2n) is 7.18. The number of thioether (sulfide) groups is 1. The molecule has 0 heterocycles. The smallest absolute Gasteiger partial charge is 0.264 e. The minimum atomic E-state index is -4.06. The molecule has 1 N–H and O–H groups in total. The van der Waals surface area contributed by atoms with Gasteiger partial charge < -0.3 is 5.32 Å². The molecule has 0 bridgehead atoms. The van der Waals surface area contributed by atoms with Crippen LogP contribution in [-0.2, 0) is 20.6 Å². The zero-order valence-electron chi connectivity index (χ0n) is 17.8. The molecule has 3 aromatic rings. The summed E-state index contributed by atoms with van der Waals surface area (Å²) in [7, 11) is -4.06. The van der Waals surface area contributed by atoms with E-state index in [1.807, 2.05) is 0 Å². The van der Waals surface area contributed by atoms with Gasteiger partial charge in [-0.3, -0.25) is 9.10 Å². The summed E-state index contributed by atoms with van der Waals surface area (Å²) >= 11 is 1.67. The maximum absolute atomic E-state index is 13.3. The van der Waals surface area contributed by atoms with Gasteiger partial charge in [-0.2, -0.15) is 11.8 Å². The average molecular weight is 491 g/mol. The molecule has 174 valence electrons. The minimum Gasteiger partial charge on any atom is -0.354 e. The third-order valence-electron chi connectivity index (χ3n) is 4.70. The number of anilines is 1. The molecule has 3 rings (SSSR count). The monoisotopic (exact) mass is 490 g/mol. The summed E-state index contributed by atoms with van der Waals surface area (Å²) in [6, 6.07) is 19.1. The zero-order chi connectivity index (χ0) is 23.7. The standard InChI is InChI=1S/C24H24F2N2O3S2/c25-20-9-7-19(8-10-20)18-32-16-4-15-27-24(29)17-28(22-5-2-1-3-6-22)33(30,31)23-13-11-21(26)12-14-23/h1-3,5-14H,4,15-18H2,(H,27,29). The number of para-hydroxylation sites is 1. The van der Waals surface area contributed by atoms with Crippen LogP contribution < -0.4 is 9.62 Å². The van der Waals surface area contributed by atoms with Gasteiger partial charge in [0.15, 0.2) is 0 Å². The van der Waals surface area contributed by atoms with Gasteiger partial charge >= 0.3 is 0 Å². The van der Waals surface area contributed by atoms with E-state index in [2.05, 4.69) is 5.32 Å². The Bertz CT molecular complexity index is 1140. The van der Waals surface area contributed by atoms with Crippen LogP contribution >= 0.6 is 11.8 Å². The van der Waals surface area contributed by atoms with Crippen LogP contribution in [0.1, 0.15) is 12.0 Å². The average Bonchev–Trinajstić information content (AvgIpc) is 2.81. The second kappa shape index (κ2) is 11.8. The molecule has 0 saturated carbocycles. The summed E-state index contributed by atoms with van der Waals surface area (Å²) in [5.74, 6) is 0.278. The van der Waals surface area contributed by atoms with Gasteiger partial charge in [-0.25, -0.2) is 17.2 Å². The lowest BCUT2D eigenvalue weighted by Gasteiger charge is -2.24. The summed E-state index contributed by atoms with van der Waals surface area (Å²) in [6.07, 6.45) is 0.702. The Kier molecular flexibility index (Phi) is 8.85. The van der Waals surface area contributed by atoms with Gasteiger partial charge in [-0.05, 0) is 66.3 Å². The first-order valence-corrected chi connectivity index (χ1v) is 12.9. The summed E-state index contributed by atoms with van der Waals surface area (Å²) < 4.78 is 53.5. The van der Waals surface area contributed by atoms with E-state index >= 15 is 0 Å². The molecule has 0 aliphatic carbocycles. The number of sulfonamides is 1. The molecule has 5 nitrogen and oxygen atoms in total. The summed E-state index contributed by atoms with van der Waals surface area (Å²) in [5.41, 5.74) is 1.36. The Morgan fingerprint density at radius 2 is 1.48 bits per heavy atom. The van der Waals surface area contributed by atoms with Crippen molar-refractivity contribution in [3.63, 3.8) is 0 Å². The van der Waals surface area contributed by atoms with Crippen molar-refractivity contribution in [3.8, 4) is 0 Å². The number of carbonyl (C=O) groups excluding carboxylic acids is 1. The summed E-state index contributed by atoms with van der Waals surface area (Å²) in [4.78, 5) is 12.4. The van der Waals surface area contributed by atoms with Crippen LogP contribution in [0.2, 0.25) is 0 Å². The fourth-order valence-corrected chi connectivity index (χ4v) is 5.34. The third kappa shape index (κ3) is 7.30. The van der Waals surface area contributed by atoms with Crippen LogP contribution in [0, 0.1) is 11.6 Å². The number of carbonyl (C=O) groups is 1. The van der Waals surface area contributed by atoms with E-state index in [0.29, 0.717) is 18.7 Å². The number of hydrogen-bond donors (Lipinski definition) is 1. The molecule has 0 spiro atoms. The van der Waals surface area contributed by atoms with Gasteiger partial charge in [-0.15, -0.1) is 0 Å². The fourth-order valence-electron chi connectivity index (χ4n) is 3.00. The Morgan fingerprint density at radius 3 is 2.12 bits per heavy atom. The van der Waals surface area contributed by atoms with Crippen LogP contribution in [-0.4, -0.2) is 33.2 Å². The van der Waals surface area contributed by atoms with E-state index in [9.17, 15) is 22.0 Å². The Balaban J connectivity index is 1.54. The van der Waals surface area contributed by atoms with Crippen LogP contribution in [0.4, 0.5) is 14.5 Å². The van der Waals surface area contributed by atoms with Crippen molar-refractivity contribution in [2.45, 2.75) is 17.1 Å². The van der Waals surface area contributed by atoms with E-state index in [-0.39, 0.29) is 10.7 Å². The highest BCUT2D eigenvalue weighted by Gasteiger charge is 2.27. The number of rotatable bonds is 11. The minimum absolute atomic E-state index is 0.0993. The van der Waals surface area contributed by atoms with E-state index in [0.717, 1.165) is 33.5 Å². The maximum Gasteiger partial charge on any atom is 0.264 e. The predicted octanol–water partition coefficient (Wildman–Crippen LogP) is 4.60. The molecule has 33 heavy (non-hydrogen) atoms. The van der Waals surface area contributed by atoms with Crippen molar-refractivity contribution in [2.24, 2.45) is 0 Å². The lowest BCUT2D eigenvalue weighted by molar-refractivity contribution is -0.119. The van der Waals surface area contributed by atoms with Crippen LogP contribution in [0.25, 0.3) is 0 Å². The van der Waals surface area contributed by atoms with Crippen molar-refractivity contribution in [3.05, 3.63) is 96.1 Å². The Labute approximate surface area is 196 Å². The Hall–Kier alpha value is -2.91. The largest absolute Gasteiger partial charge is 0.354 e. The van der Waals surface area contributed by atoms with Crippen LogP contribution in [0.3, 0.4) is 0 Å². The van der Waals surface area contributed by atoms with Crippen LogP contribution in [0.15, 0.2) is 83.8 Å². The maximum atomic E-state index is 13.3. The molecule has 0 unspecified atom stereocenters. The first-order valence-electron chi connectivity index (χ1n) is 10.3. The van der Waals surface area contributed by atoms with E-state index in [4.69, 9.17) is 0 Å². The molecule has 0 aliphatic heterocycles. The lowest BCUT2D eigenvalue weighted by atomic mass is 10.2. The molecule has 0 aliphatic rings. The summed E-state index contributed by atoms with van der Waals surface area (Å²) in [5, 5.41) is 2.75. The first-order chi connectivity index (χ1) is 15.9. The molecule has 0 atom stereocenters. The van der Waals surface area contributed by atoms with E-state index in [1.54, 1.807) is 54.2 Å². The first kappa shape index (κ1) is 24.7. The number of nitrogens with one attached hydrogen (secondary N) is 1. The molecule has 3 aromatic carbocycles. The third-order valence-corrected chi connectivity index (χ3v) is 7.61. The zero-order valence-corrected chi connectivity index (χ0v) is 19.4. The van der Waals surface area contributed by atoms with Crippen molar-refractivity contribution in [1.29, 1.82) is 0 Å². The number of amides is 1. The fraction of sp³-hybridized carbons (Fsp3) is 0.208. The lowest BCUT2D eigenvalue weighted by Crippen LogP contribution is -2.41. The summed E-state index contributed by atoms with van der Waals surface area (Å²) in [6.45, 7) is 0.000915.